The van der Waals surface area contributed by atoms with Crippen LogP contribution in [0, 0.1) is 13.8 Å². The molecule has 138 valence electrons. The highest BCUT2D eigenvalue weighted by molar-refractivity contribution is 7.99. The lowest BCUT2D eigenvalue weighted by molar-refractivity contribution is -0.0979. The lowest BCUT2D eigenvalue weighted by Gasteiger charge is -2.19. The third-order valence-corrected chi connectivity index (χ3v) is 4.25. The summed E-state index contributed by atoms with van der Waals surface area (Å²) in [5.74, 6) is 1.01. The Kier molecular flexibility index (Phi) is 11.0. The Bertz CT molecular complexity index is 599. The summed E-state index contributed by atoms with van der Waals surface area (Å²) in [5, 5.41) is 0.888. The fourth-order valence-electron chi connectivity index (χ4n) is 2.19. The predicted molar refractivity (Wildman–Crippen MR) is 110 cm³/mol. The van der Waals surface area contributed by atoms with E-state index in [4.69, 9.17) is 4.79 Å². The maximum absolute atomic E-state index is 8.00. The molecule has 0 saturated heterocycles. The maximum Gasteiger partial charge on any atom is 0.187 e. The van der Waals surface area contributed by atoms with Gasteiger partial charge in [-0.3, -0.25) is 0 Å². The van der Waals surface area contributed by atoms with Gasteiger partial charge in [0, 0.05) is 17.1 Å². The molecule has 1 heterocycles. The van der Waals surface area contributed by atoms with Crippen LogP contribution in [0.5, 0.6) is 0 Å². The summed E-state index contributed by atoms with van der Waals surface area (Å²) in [7, 11) is 0. The Morgan fingerprint density at radius 2 is 1.44 bits per heavy atom. The van der Waals surface area contributed by atoms with E-state index in [9.17, 15) is 0 Å². The number of rotatable bonds is 4. The largest absolute Gasteiger partial charge is 0.307 e. The van der Waals surface area contributed by atoms with Crippen LogP contribution in [-0.2, 0) is 16.6 Å². The monoisotopic (exact) mass is 360 g/mol. The minimum absolute atomic E-state index is 0.222. The number of hydrogen-bond acceptors (Lipinski definition) is 4. The van der Waals surface area contributed by atoms with Gasteiger partial charge in [0.1, 0.15) is 6.79 Å². The first-order valence-electron chi connectivity index (χ1n) is 8.68. The lowest BCUT2D eigenvalue weighted by atomic mass is 9.86. The molecule has 0 radical (unpaired) electrons. The summed E-state index contributed by atoms with van der Waals surface area (Å²) < 4.78 is 0. The van der Waals surface area contributed by atoms with E-state index in [-0.39, 0.29) is 5.41 Å². The molecule has 0 amide bonds. The zero-order valence-corrected chi connectivity index (χ0v) is 17.5. The summed E-state index contributed by atoms with van der Waals surface area (Å²) >= 11 is 1.73. The Morgan fingerprint density at radius 1 is 0.960 bits per heavy atom. The predicted octanol–water partition coefficient (Wildman–Crippen LogP) is 5.57. The molecule has 0 fully saturated rings. The number of nitrogens with zero attached hydrogens (tertiary/aromatic N) is 2. The van der Waals surface area contributed by atoms with Crippen LogP contribution in [0.1, 0.15) is 57.1 Å². The van der Waals surface area contributed by atoms with Gasteiger partial charge in [-0.2, -0.15) is 0 Å². The lowest BCUT2D eigenvalue weighted by Crippen LogP contribution is -2.10. The fourth-order valence-corrected chi connectivity index (χ4v) is 3.13. The van der Waals surface area contributed by atoms with Gasteiger partial charge in [-0.05, 0) is 42.9 Å². The van der Waals surface area contributed by atoms with Crippen LogP contribution in [0.15, 0.2) is 35.5 Å². The van der Waals surface area contributed by atoms with E-state index >= 15 is 0 Å². The van der Waals surface area contributed by atoms with E-state index in [1.165, 1.54) is 11.1 Å². The summed E-state index contributed by atoms with van der Waals surface area (Å²) in [4.78, 5) is 16.9. The first kappa shape index (κ1) is 23.3. The van der Waals surface area contributed by atoms with E-state index < -0.39 is 0 Å². The van der Waals surface area contributed by atoms with Crippen molar-refractivity contribution in [2.75, 3.05) is 5.75 Å². The fraction of sp³-hybridized carbons (Fsp3) is 0.476. The average Bonchev–Trinajstić information content (AvgIpc) is 2.57. The van der Waals surface area contributed by atoms with Crippen LogP contribution in [0.3, 0.4) is 0 Å². The number of aromatic nitrogens is 2. The molecule has 0 aliphatic rings. The highest BCUT2D eigenvalue weighted by atomic mass is 32.2. The summed E-state index contributed by atoms with van der Waals surface area (Å²) in [5.41, 5.74) is 5.07. The molecule has 2 rings (SSSR count). The van der Waals surface area contributed by atoms with Gasteiger partial charge in [-0.1, -0.05) is 70.6 Å². The van der Waals surface area contributed by atoms with Crippen molar-refractivity contribution < 1.29 is 4.79 Å². The molecule has 1 aromatic heterocycles. The first-order valence-corrected chi connectivity index (χ1v) is 9.66. The van der Waals surface area contributed by atoms with Crippen LogP contribution in [0.2, 0.25) is 0 Å². The van der Waals surface area contributed by atoms with Crippen LogP contribution < -0.4 is 0 Å². The molecule has 0 aliphatic heterocycles. The number of aryl methyl sites for hydroxylation is 3. The van der Waals surface area contributed by atoms with E-state index in [2.05, 4.69) is 55.0 Å². The molecular weight excluding hydrogens is 328 g/mol. The molecule has 0 unspecified atom stereocenters. The minimum atomic E-state index is 0.222. The molecule has 2 aromatic rings. The molecule has 0 N–H and O–H groups in total. The molecule has 0 atom stereocenters. The van der Waals surface area contributed by atoms with Crippen molar-refractivity contribution in [2.45, 2.75) is 65.5 Å². The highest BCUT2D eigenvalue weighted by Gasteiger charge is 2.12. The quantitative estimate of drug-likeness (QED) is 0.528. The van der Waals surface area contributed by atoms with Crippen LogP contribution >= 0.6 is 11.8 Å². The number of carbonyl (C=O) groups is 1. The zero-order chi connectivity index (χ0) is 19.5. The maximum atomic E-state index is 8.00. The van der Waals surface area contributed by atoms with Crippen LogP contribution in [0.4, 0.5) is 0 Å². The molecule has 0 bridgehead atoms. The SMILES string of the molecule is C=O.CC.Cc1cc(C)nc(SCCc2ccc(C(C)(C)C)cc2)n1. The molecular formula is C21H32N2OS. The van der Waals surface area contributed by atoms with Crippen molar-refractivity contribution in [1.29, 1.82) is 0 Å². The summed E-state index contributed by atoms with van der Waals surface area (Å²) in [6.45, 7) is 16.8. The van der Waals surface area contributed by atoms with Gasteiger partial charge in [0.2, 0.25) is 0 Å². The highest BCUT2D eigenvalue weighted by Crippen LogP contribution is 2.23. The smallest absolute Gasteiger partial charge is 0.187 e. The van der Waals surface area contributed by atoms with Gasteiger partial charge < -0.3 is 4.79 Å². The van der Waals surface area contributed by atoms with Crippen molar-refractivity contribution in [3.63, 3.8) is 0 Å². The molecule has 1 aromatic carbocycles. The van der Waals surface area contributed by atoms with E-state index in [0.29, 0.717) is 0 Å². The Balaban J connectivity index is 0.00000134. The summed E-state index contributed by atoms with van der Waals surface area (Å²) in [6.07, 6.45) is 1.05. The van der Waals surface area contributed by atoms with Crippen molar-refractivity contribution in [3.05, 3.63) is 52.8 Å². The third-order valence-electron chi connectivity index (χ3n) is 3.40. The first-order chi connectivity index (χ1) is 11.8. The van der Waals surface area contributed by atoms with Gasteiger partial charge in [0.05, 0.1) is 0 Å². The minimum Gasteiger partial charge on any atom is -0.307 e. The van der Waals surface area contributed by atoms with Gasteiger partial charge in [0.15, 0.2) is 5.16 Å². The zero-order valence-electron chi connectivity index (χ0n) is 16.7. The van der Waals surface area contributed by atoms with Gasteiger partial charge in [-0.15, -0.1) is 0 Å². The second kappa shape index (κ2) is 11.8. The molecule has 25 heavy (non-hydrogen) atoms. The standard InChI is InChI=1S/C18H24N2S.C2H6.CH2O/c1-13-12-14(2)20-17(19-13)21-11-10-15-6-8-16(9-7-15)18(3,4)5;2*1-2/h6-9,12H,10-11H2,1-5H3;1-2H3;1H2. The van der Waals surface area contributed by atoms with Crippen molar-refractivity contribution in [2.24, 2.45) is 0 Å². The third kappa shape index (κ3) is 8.82. The number of carbonyl (C=O) groups excluding carboxylic acids is 1. The van der Waals surface area contributed by atoms with Gasteiger partial charge in [0.25, 0.3) is 0 Å². The topological polar surface area (TPSA) is 42.9 Å². The molecule has 3 nitrogen and oxygen atoms in total. The molecule has 0 saturated carbocycles. The van der Waals surface area contributed by atoms with E-state index in [0.717, 1.165) is 28.7 Å². The number of thioether (sulfide) groups is 1. The Hall–Kier alpha value is -1.68. The summed E-state index contributed by atoms with van der Waals surface area (Å²) in [6, 6.07) is 11.0. The second-order valence-electron chi connectivity index (χ2n) is 6.48. The Labute approximate surface area is 157 Å². The Morgan fingerprint density at radius 3 is 1.88 bits per heavy atom. The average molecular weight is 361 g/mol. The molecule has 4 heteroatoms. The number of hydrogen-bond donors (Lipinski definition) is 0. The molecule has 0 aliphatic carbocycles. The van der Waals surface area contributed by atoms with Gasteiger partial charge in [-0.25, -0.2) is 9.97 Å². The van der Waals surface area contributed by atoms with Crippen molar-refractivity contribution in [3.8, 4) is 0 Å². The van der Waals surface area contributed by atoms with Crippen molar-refractivity contribution in [1.82, 2.24) is 9.97 Å². The van der Waals surface area contributed by atoms with Crippen LogP contribution in [-0.4, -0.2) is 22.5 Å². The van der Waals surface area contributed by atoms with Crippen LogP contribution in [0.25, 0.3) is 0 Å². The molecule has 0 spiro atoms. The van der Waals surface area contributed by atoms with E-state index in [1.54, 1.807) is 11.8 Å². The van der Waals surface area contributed by atoms with E-state index in [1.807, 2.05) is 40.6 Å². The van der Waals surface area contributed by atoms with Gasteiger partial charge >= 0.3 is 0 Å². The number of benzene rings is 1. The second-order valence-corrected chi connectivity index (χ2v) is 7.54. The van der Waals surface area contributed by atoms with Crippen molar-refractivity contribution >= 4 is 18.6 Å². The normalized spacial score (nSPS) is 10.2.